The molecule has 0 N–H and O–H groups in total. The first-order valence-electron chi connectivity index (χ1n) is 7.61. The molecule has 0 saturated carbocycles. The number of hydrogen-bond acceptors (Lipinski definition) is 3. The van der Waals surface area contributed by atoms with Gasteiger partial charge in [-0.2, -0.15) is 0 Å². The summed E-state index contributed by atoms with van der Waals surface area (Å²) < 4.78 is 25.4. The third-order valence-electron chi connectivity index (χ3n) is 3.94. The Morgan fingerprint density at radius 3 is 2.62 bits per heavy atom. The van der Waals surface area contributed by atoms with Crippen LogP contribution in [0.2, 0.25) is 0 Å². The molecule has 0 radical (unpaired) electrons. The lowest BCUT2D eigenvalue weighted by Gasteiger charge is -2.10. The van der Waals surface area contributed by atoms with Gasteiger partial charge in [-0.05, 0) is 42.8 Å². The summed E-state index contributed by atoms with van der Waals surface area (Å²) in [5, 5.41) is 0.931. The number of aryl methyl sites for hydroxylation is 1. The number of esters is 1. The van der Waals surface area contributed by atoms with Crippen LogP contribution in [0.5, 0.6) is 5.75 Å². The van der Waals surface area contributed by atoms with Crippen LogP contribution in [0.4, 0.5) is 4.39 Å². The average molecular weight is 327 g/mol. The minimum Gasteiger partial charge on any atom is -0.481 e. The number of carbonyl (C=O) groups excluding carboxylic acids is 1. The Morgan fingerprint density at radius 2 is 1.92 bits per heavy atom. The van der Waals surface area contributed by atoms with Gasteiger partial charge in [0.1, 0.15) is 11.6 Å². The van der Waals surface area contributed by atoms with Crippen LogP contribution < -0.4 is 4.74 Å². The minimum absolute atomic E-state index is 0.127. The van der Waals surface area contributed by atoms with Gasteiger partial charge in [0.25, 0.3) is 0 Å². The molecule has 124 valence electrons. The van der Waals surface area contributed by atoms with Gasteiger partial charge in [-0.3, -0.25) is 0 Å². The number of aromatic nitrogens is 1. The summed E-state index contributed by atoms with van der Waals surface area (Å²) in [4.78, 5) is 11.3. The zero-order chi connectivity index (χ0) is 17.1. The second kappa shape index (κ2) is 6.74. The number of methoxy groups -OCH3 is 1. The first-order chi connectivity index (χ1) is 11.6. The number of fused-ring (bicyclic) bond motifs is 1. The number of hydrogen-bond donors (Lipinski definition) is 0. The molecule has 0 aliphatic heterocycles. The first-order valence-corrected chi connectivity index (χ1v) is 7.61. The van der Waals surface area contributed by atoms with Crippen molar-refractivity contribution in [1.29, 1.82) is 0 Å². The average Bonchev–Trinajstić information content (AvgIpc) is 2.91. The van der Waals surface area contributed by atoms with Crippen molar-refractivity contribution in [1.82, 2.24) is 4.57 Å². The van der Waals surface area contributed by atoms with E-state index in [-0.39, 0.29) is 12.4 Å². The van der Waals surface area contributed by atoms with Gasteiger partial charge in [-0.15, -0.1) is 0 Å². The number of halogens is 1. The fraction of sp³-hybridized carbons (Fsp3) is 0.211. The maximum absolute atomic E-state index is 13.1. The van der Waals surface area contributed by atoms with Gasteiger partial charge >= 0.3 is 5.97 Å². The first kappa shape index (κ1) is 16.1. The highest BCUT2D eigenvalue weighted by atomic mass is 19.1. The van der Waals surface area contributed by atoms with Crippen LogP contribution in [0.1, 0.15) is 11.3 Å². The van der Waals surface area contributed by atoms with E-state index in [1.165, 1.54) is 19.2 Å². The van der Waals surface area contributed by atoms with Crippen molar-refractivity contribution in [2.75, 3.05) is 13.7 Å². The highest BCUT2D eigenvalue weighted by Crippen LogP contribution is 2.29. The minimum atomic E-state index is -0.422. The molecule has 0 aliphatic rings. The van der Waals surface area contributed by atoms with Crippen molar-refractivity contribution >= 4 is 16.9 Å². The molecule has 1 aromatic heterocycles. The SMILES string of the molecule is COC(=O)COc1cccc2c1cc(C)n2Cc1ccc(F)cc1. The second-order valence-corrected chi connectivity index (χ2v) is 5.55. The zero-order valence-corrected chi connectivity index (χ0v) is 13.6. The molecule has 0 amide bonds. The van der Waals surface area contributed by atoms with E-state index in [0.717, 1.165) is 22.2 Å². The summed E-state index contributed by atoms with van der Waals surface area (Å²) in [5.41, 5.74) is 3.07. The Kier molecular flexibility index (Phi) is 4.51. The van der Waals surface area contributed by atoms with Crippen LogP contribution in [0.25, 0.3) is 10.9 Å². The molecule has 0 fully saturated rings. The predicted octanol–water partition coefficient (Wildman–Crippen LogP) is 3.69. The van der Waals surface area contributed by atoms with Crippen LogP contribution in [0, 0.1) is 12.7 Å². The molecule has 0 aliphatic carbocycles. The molecule has 3 aromatic rings. The Hall–Kier alpha value is -2.82. The summed E-state index contributed by atoms with van der Waals surface area (Å²) in [6.45, 7) is 2.52. The Labute approximate surface area is 139 Å². The number of rotatable bonds is 5. The largest absolute Gasteiger partial charge is 0.481 e. The van der Waals surface area contributed by atoms with E-state index in [1.807, 2.05) is 31.2 Å². The van der Waals surface area contributed by atoms with E-state index >= 15 is 0 Å². The van der Waals surface area contributed by atoms with E-state index in [2.05, 4.69) is 9.30 Å². The fourth-order valence-corrected chi connectivity index (χ4v) is 2.69. The summed E-state index contributed by atoms with van der Waals surface area (Å²) >= 11 is 0. The normalized spacial score (nSPS) is 10.8. The van der Waals surface area contributed by atoms with Crippen LogP contribution >= 0.6 is 0 Å². The van der Waals surface area contributed by atoms with E-state index in [1.54, 1.807) is 12.1 Å². The van der Waals surface area contributed by atoms with Crippen molar-refractivity contribution in [3.63, 3.8) is 0 Å². The molecule has 0 unspecified atom stereocenters. The standard InChI is InChI=1S/C19H18FNO3/c1-13-10-16-17(4-3-5-18(16)24-12-19(22)23-2)21(13)11-14-6-8-15(20)9-7-14/h3-10H,11-12H2,1-2H3. The van der Waals surface area contributed by atoms with E-state index in [9.17, 15) is 9.18 Å². The third kappa shape index (κ3) is 3.25. The van der Waals surface area contributed by atoms with Crippen LogP contribution in [0.3, 0.4) is 0 Å². The summed E-state index contributed by atoms with van der Waals surface area (Å²) in [5.74, 6) is -0.0281. The Balaban J connectivity index is 1.93. The molecule has 5 heteroatoms. The van der Waals surface area contributed by atoms with Gasteiger partial charge in [0.2, 0.25) is 0 Å². The van der Waals surface area contributed by atoms with Crippen LogP contribution in [0.15, 0.2) is 48.5 Å². The lowest BCUT2D eigenvalue weighted by Crippen LogP contribution is -2.12. The third-order valence-corrected chi connectivity index (χ3v) is 3.94. The van der Waals surface area contributed by atoms with Crippen LogP contribution in [-0.2, 0) is 16.1 Å². The fourth-order valence-electron chi connectivity index (χ4n) is 2.69. The number of carbonyl (C=O) groups is 1. The topological polar surface area (TPSA) is 40.5 Å². The molecule has 0 atom stereocenters. The smallest absolute Gasteiger partial charge is 0.343 e. The number of ether oxygens (including phenoxy) is 2. The zero-order valence-electron chi connectivity index (χ0n) is 13.6. The lowest BCUT2D eigenvalue weighted by atomic mass is 10.2. The summed E-state index contributed by atoms with van der Waals surface area (Å²) in [6, 6.07) is 14.2. The van der Waals surface area contributed by atoms with Gasteiger partial charge in [0.15, 0.2) is 6.61 Å². The Morgan fingerprint density at radius 1 is 1.17 bits per heavy atom. The molecule has 0 bridgehead atoms. The van der Waals surface area contributed by atoms with Gasteiger partial charge in [-0.1, -0.05) is 18.2 Å². The molecule has 2 aromatic carbocycles. The molecular formula is C19H18FNO3. The van der Waals surface area contributed by atoms with Crippen LogP contribution in [-0.4, -0.2) is 24.3 Å². The van der Waals surface area contributed by atoms with Crippen molar-refractivity contribution in [2.45, 2.75) is 13.5 Å². The lowest BCUT2D eigenvalue weighted by molar-refractivity contribution is -0.142. The molecule has 1 heterocycles. The molecule has 24 heavy (non-hydrogen) atoms. The molecule has 3 rings (SSSR count). The second-order valence-electron chi connectivity index (χ2n) is 5.55. The monoisotopic (exact) mass is 327 g/mol. The highest BCUT2D eigenvalue weighted by molar-refractivity contribution is 5.88. The van der Waals surface area contributed by atoms with E-state index < -0.39 is 5.97 Å². The van der Waals surface area contributed by atoms with Gasteiger partial charge in [0, 0.05) is 17.6 Å². The Bertz CT molecular complexity index is 868. The maximum Gasteiger partial charge on any atom is 0.343 e. The van der Waals surface area contributed by atoms with E-state index in [4.69, 9.17) is 4.74 Å². The predicted molar refractivity (Wildman–Crippen MR) is 89.7 cm³/mol. The maximum atomic E-state index is 13.1. The molecular weight excluding hydrogens is 309 g/mol. The molecule has 4 nitrogen and oxygen atoms in total. The van der Waals surface area contributed by atoms with Gasteiger partial charge < -0.3 is 14.0 Å². The van der Waals surface area contributed by atoms with Crippen molar-refractivity contribution in [3.05, 3.63) is 65.6 Å². The van der Waals surface area contributed by atoms with Gasteiger partial charge in [-0.25, -0.2) is 9.18 Å². The van der Waals surface area contributed by atoms with E-state index in [0.29, 0.717) is 12.3 Å². The number of benzene rings is 2. The van der Waals surface area contributed by atoms with Crippen molar-refractivity contribution in [3.8, 4) is 5.75 Å². The number of nitrogens with zero attached hydrogens (tertiary/aromatic N) is 1. The molecule has 0 saturated heterocycles. The van der Waals surface area contributed by atoms with Crippen molar-refractivity contribution < 1.29 is 18.7 Å². The molecule has 0 spiro atoms. The quantitative estimate of drug-likeness (QED) is 0.671. The summed E-state index contributed by atoms with van der Waals surface area (Å²) in [7, 11) is 1.33. The van der Waals surface area contributed by atoms with Gasteiger partial charge in [0.05, 0.1) is 12.6 Å². The van der Waals surface area contributed by atoms with Crippen molar-refractivity contribution in [2.24, 2.45) is 0 Å². The summed E-state index contributed by atoms with van der Waals surface area (Å²) in [6.07, 6.45) is 0. The highest BCUT2D eigenvalue weighted by Gasteiger charge is 2.12.